The molecule has 0 spiro atoms. The summed E-state index contributed by atoms with van der Waals surface area (Å²) < 4.78 is 3.67. The first-order valence-electron chi connectivity index (χ1n) is 6.31. The summed E-state index contributed by atoms with van der Waals surface area (Å²) in [4.78, 5) is 11.9. The molecule has 1 aromatic rings. The molecule has 1 fully saturated rings. The van der Waals surface area contributed by atoms with Crippen molar-refractivity contribution in [3.63, 3.8) is 0 Å². The smallest absolute Gasteiger partial charge is 0.315 e. The van der Waals surface area contributed by atoms with Gasteiger partial charge in [-0.1, -0.05) is 13.3 Å². The topological polar surface area (TPSA) is 39.0 Å². The molecule has 1 aliphatic carbocycles. The Labute approximate surface area is 96.3 Å². The summed E-state index contributed by atoms with van der Waals surface area (Å²) in [5.74, 6) is 0. The molecule has 90 valence electrons. The number of hydrogen-bond acceptors (Lipinski definition) is 2. The summed E-state index contributed by atoms with van der Waals surface area (Å²) >= 11 is 0. The number of unbranched alkanes of at least 4 members (excludes halogenated alkanes) is 1. The first kappa shape index (κ1) is 11.5. The standard InChI is InChI=1S/C12H21N3O/c1-2-3-6-13-7-8-14-9-10-15(12(14)16)11-4-5-11/h9-11,13H,2-8H2,1H3. The SMILES string of the molecule is CCCCNCCn1ccn(C2CC2)c1=O. The predicted octanol–water partition coefficient (Wildman–Crippen LogP) is 1.37. The highest BCUT2D eigenvalue weighted by molar-refractivity contribution is 4.91. The van der Waals surface area contributed by atoms with E-state index in [1.165, 1.54) is 25.7 Å². The van der Waals surface area contributed by atoms with E-state index >= 15 is 0 Å². The Bertz CT molecular complexity index is 376. The summed E-state index contributed by atoms with van der Waals surface area (Å²) in [7, 11) is 0. The number of aromatic nitrogens is 2. The molecule has 0 aliphatic heterocycles. The molecule has 0 bridgehead atoms. The molecule has 2 rings (SSSR count). The molecule has 0 amide bonds. The largest absolute Gasteiger partial charge is 0.328 e. The van der Waals surface area contributed by atoms with Crippen molar-refractivity contribution in [1.29, 1.82) is 0 Å². The van der Waals surface area contributed by atoms with Crippen LogP contribution in [0.15, 0.2) is 17.2 Å². The maximum atomic E-state index is 11.9. The van der Waals surface area contributed by atoms with Crippen LogP contribution in [0.2, 0.25) is 0 Å². The predicted molar refractivity (Wildman–Crippen MR) is 64.7 cm³/mol. The first-order chi connectivity index (χ1) is 7.83. The van der Waals surface area contributed by atoms with Gasteiger partial charge in [0.2, 0.25) is 0 Å². The van der Waals surface area contributed by atoms with Gasteiger partial charge in [0.05, 0.1) is 0 Å². The van der Waals surface area contributed by atoms with Gasteiger partial charge < -0.3 is 5.32 Å². The van der Waals surface area contributed by atoms with Crippen LogP contribution in [0, 0.1) is 0 Å². The molecule has 0 unspecified atom stereocenters. The lowest BCUT2D eigenvalue weighted by Crippen LogP contribution is -2.28. The Morgan fingerprint density at radius 2 is 2.19 bits per heavy atom. The monoisotopic (exact) mass is 223 g/mol. The summed E-state index contributed by atoms with van der Waals surface area (Å²) in [6.45, 7) is 4.90. The van der Waals surface area contributed by atoms with Crippen molar-refractivity contribution in [3.8, 4) is 0 Å². The normalized spacial score (nSPS) is 15.6. The lowest BCUT2D eigenvalue weighted by Gasteiger charge is -2.03. The molecule has 1 N–H and O–H groups in total. The highest BCUT2D eigenvalue weighted by atomic mass is 16.1. The maximum Gasteiger partial charge on any atom is 0.328 e. The Kier molecular flexibility index (Phi) is 3.83. The molecule has 1 heterocycles. The van der Waals surface area contributed by atoms with Gasteiger partial charge in [-0.25, -0.2) is 4.79 Å². The van der Waals surface area contributed by atoms with Gasteiger partial charge in [-0.05, 0) is 25.8 Å². The highest BCUT2D eigenvalue weighted by Crippen LogP contribution is 2.33. The van der Waals surface area contributed by atoms with E-state index in [2.05, 4.69) is 12.2 Å². The number of nitrogens with one attached hydrogen (secondary N) is 1. The summed E-state index contributed by atoms with van der Waals surface area (Å²) in [6, 6.07) is 0.488. The lowest BCUT2D eigenvalue weighted by atomic mass is 10.3. The molecule has 16 heavy (non-hydrogen) atoms. The fourth-order valence-electron chi connectivity index (χ4n) is 1.86. The van der Waals surface area contributed by atoms with Crippen LogP contribution in [0.1, 0.15) is 38.6 Å². The quantitative estimate of drug-likeness (QED) is 0.709. The molecule has 0 aromatic carbocycles. The molecule has 4 heteroatoms. The van der Waals surface area contributed by atoms with Gasteiger partial charge in [-0.2, -0.15) is 0 Å². The summed E-state index contributed by atoms with van der Waals surface area (Å²) in [6.07, 6.45) is 8.58. The second-order valence-electron chi connectivity index (χ2n) is 4.52. The average Bonchev–Trinajstić information content (AvgIpc) is 3.05. The van der Waals surface area contributed by atoms with Crippen molar-refractivity contribution >= 4 is 0 Å². The van der Waals surface area contributed by atoms with Crippen molar-refractivity contribution < 1.29 is 0 Å². The van der Waals surface area contributed by atoms with E-state index in [0.29, 0.717) is 6.04 Å². The molecule has 1 aliphatic rings. The van der Waals surface area contributed by atoms with E-state index in [9.17, 15) is 4.79 Å². The van der Waals surface area contributed by atoms with Crippen molar-refractivity contribution in [1.82, 2.24) is 14.5 Å². The zero-order valence-electron chi connectivity index (χ0n) is 9.98. The van der Waals surface area contributed by atoms with Crippen LogP contribution in [0.4, 0.5) is 0 Å². The van der Waals surface area contributed by atoms with Crippen LogP contribution in [-0.4, -0.2) is 22.2 Å². The number of hydrogen-bond donors (Lipinski definition) is 1. The van der Waals surface area contributed by atoms with Crippen LogP contribution >= 0.6 is 0 Å². The zero-order chi connectivity index (χ0) is 11.4. The third-order valence-electron chi connectivity index (χ3n) is 3.05. The van der Waals surface area contributed by atoms with Gasteiger partial charge in [0.15, 0.2) is 0 Å². The van der Waals surface area contributed by atoms with Crippen molar-refractivity contribution in [2.75, 3.05) is 13.1 Å². The van der Waals surface area contributed by atoms with E-state index in [1.54, 1.807) is 4.57 Å². The number of nitrogens with zero attached hydrogens (tertiary/aromatic N) is 2. The molecule has 1 aromatic heterocycles. The van der Waals surface area contributed by atoms with E-state index < -0.39 is 0 Å². The average molecular weight is 223 g/mol. The third kappa shape index (κ3) is 2.76. The fourth-order valence-corrected chi connectivity index (χ4v) is 1.86. The van der Waals surface area contributed by atoms with Gasteiger partial charge in [-0.3, -0.25) is 9.13 Å². The molecular formula is C12H21N3O. The minimum atomic E-state index is 0.153. The lowest BCUT2D eigenvalue weighted by molar-refractivity contribution is 0.558. The van der Waals surface area contributed by atoms with Gasteiger partial charge in [0, 0.05) is 31.5 Å². The van der Waals surface area contributed by atoms with Gasteiger partial charge in [-0.15, -0.1) is 0 Å². The van der Waals surface area contributed by atoms with E-state index in [0.717, 1.165) is 19.6 Å². The molecule has 0 saturated heterocycles. The Balaban J connectivity index is 1.78. The Morgan fingerprint density at radius 3 is 2.88 bits per heavy atom. The summed E-state index contributed by atoms with van der Waals surface area (Å²) in [5.41, 5.74) is 0.153. The van der Waals surface area contributed by atoms with Crippen LogP contribution in [-0.2, 0) is 6.54 Å². The molecule has 1 saturated carbocycles. The van der Waals surface area contributed by atoms with Crippen LogP contribution in [0.5, 0.6) is 0 Å². The third-order valence-corrected chi connectivity index (χ3v) is 3.05. The second kappa shape index (κ2) is 5.34. The summed E-state index contributed by atoms with van der Waals surface area (Å²) in [5, 5.41) is 3.35. The van der Waals surface area contributed by atoms with E-state index in [4.69, 9.17) is 0 Å². The molecule has 0 atom stereocenters. The van der Waals surface area contributed by atoms with Crippen molar-refractivity contribution in [2.45, 2.75) is 45.2 Å². The maximum absolute atomic E-state index is 11.9. The van der Waals surface area contributed by atoms with Crippen molar-refractivity contribution in [3.05, 3.63) is 22.9 Å². The van der Waals surface area contributed by atoms with Crippen LogP contribution < -0.4 is 11.0 Å². The van der Waals surface area contributed by atoms with E-state index in [1.807, 2.05) is 17.0 Å². The van der Waals surface area contributed by atoms with Crippen LogP contribution in [0.3, 0.4) is 0 Å². The second-order valence-corrected chi connectivity index (χ2v) is 4.52. The minimum Gasteiger partial charge on any atom is -0.315 e. The number of imidazole rings is 1. The Morgan fingerprint density at radius 1 is 1.38 bits per heavy atom. The van der Waals surface area contributed by atoms with Gasteiger partial charge >= 0.3 is 5.69 Å². The van der Waals surface area contributed by atoms with Gasteiger partial charge in [0.25, 0.3) is 0 Å². The van der Waals surface area contributed by atoms with Crippen molar-refractivity contribution in [2.24, 2.45) is 0 Å². The van der Waals surface area contributed by atoms with E-state index in [-0.39, 0.29) is 5.69 Å². The molecule has 0 radical (unpaired) electrons. The minimum absolute atomic E-state index is 0.153. The highest BCUT2D eigenvalue weighted by Gasteiger charge is 2.25. The Hall–Kier alpha value is -1.03. The molecule has 4 nitrogen and oxygen atoms in total. The molecular weight excluding hydrogens is 202 g/mol. The first-order valence-corrected chi connectivity index (χ1v) is 6.31. The number of rotatable bonds is 7. The van der Waals surface area contributed by atoms with Gasteiger partial charge in [0.1, 0.15) is 0 Å². The zero-order valence-corrected chi connectivity index (χ0v) is 9.98. The van der Waals surface area contributed by atoms with Crippen LogP contribution in [0.25, 0.3) is 0 Å². The fraction of sp³-hybridized carbons (Fsp3) is 0.750.